The van der Waals surface area contributed by atoms with Crippen LogP contribution in [-0.4, -0.2) is 28.7 Å². The fourth-order valence-corrected chi connectivity index (χ4v) is 3.85. The molecule has 1 unspecified atom stereocenters. The molecule has 2 heterocycles. The van der Waals surface area contributed by atoms with Crippen LogP contribution in [0.3, 0.4) is 0 Å². The molecule has 0 spiro atoms. The molecule has 0 bridgehead atoms. The van der Waals surface area contributed by atoms with Gasteiger partial charge >= 0.3 is 0 Å². The molecule has 3 aromatic rings. The van der Waals surface area contributed by atoms with Crippen LogP contribution in [0.25, 0.3) is 11.4 Å². The number of halogens is 1. The van der Waals surface area contributed by atoms with Crippen molar-refractivity contribution in [3.63, 3.8) is 0 Å². The van der Waals surface area contributed by atoms with E-state index in [4.69, 9.17) is 20.9 Å². The Morgan fingerprint density at radius 2 is 1.97 bits per heavy atom. The van der Waals surface area contributed by atoms with Gasteiger partial charge in [-0.2, -0.15) is 4.98 Å². The Balaban J connectivity index is 1.52. The minimum absolute atomic E-state index is 0.00105. The molecular weight excluding hydrogens is 390 g/mol. The van der Waals surface area contributed by atoms with E-state index in [1.165, 1.54) is 0 Å². The Bertz CT molecular complexity index is 1010. The lowest BCUT2D eigenvalue weighted by Crippen LogP contribution is -2.25. The Morgan fingerprint density at radius 1 is 1.21 bits per heavy atom. The molecule has 1 aliphatic heterocycles. The van der Waals surface area contributed by atoms with E-state index in [1.54, 1.807) is 11.0 Å². The van der Waals surface area contributed by atoms with E-state index in [9.17, 15) is 4.79 Å². The van der Waals surface area contributed by atoms with Crippen LogP contribution in [-0.2, 0) is 4.79 Å². The van der Waals surface area contributed by atoms with Gasteiger partial charge in [0.05, 0.1) is 22.7 Å². The van der Waals surface area contributed by atoms with Gasteiger partial charge in [-0.05, 0) is 56.7 Å². The van der Waals surface area contributed by atoms with Crippen molar-refractivity contribution in [1.29, 1.82) is 0 Å². The van der Waals surface area contributed by atoms with Crippen molar-refractivity contribution in [3.8, 4) is 17.1 Å². The number of benzene rings is 2. The molecule has 4 rings (SSSR count). The fraction of sp³-hybridized carbons (Fsp3) is 0.318. The second-order valence-corrected chi connectivity index (χ2v) is 7.87. The van der Waals surface area contributed by atoms with Crippen LogP contribution in [0.2, 0.25) is 5.02 Å². The van der Waals surface area contributed by atoms with E-state index < -0.39 is 0 Å². The van der Waals surface area contributed by atoms with E-state index in [0.29, 0.717) is 29.7 Å². The average Bonchev–Trinajstić information content (AvgIpc) is 3.29. The van der Waals surface area contributed by atoms with Crippen molar-refractivity contribution >= 4 is 23.2 Å². The van der Waals surface area contributed by atoms with Gasteiger partial charge in [-0.3, -0.25) is 4.79 Å². The highest BCUT2D eigenvalue weighted by Crippen LogP contribution is 2.37. The molecule has 1 atom stereocenters. The van der Waals surface area contributed by atoms with Crippen molar-refractivity contribution in [2.45, 2.75) is 39.2 Å². The van der Waals surface area contributed by atoms with Crippen molar-refractivity contribution < 1.29 is 14.1 Å². The maximum absolute atomic E-state index is 12.6. The predicted molar refractivity (Wildman–Crippen MR) is 111 cm³/mol. The van der Waals surface area contributed by atoms with E-state index in [0.717, 1.165) is 22.6 Å². The molecule has 1 amide bonds. The lowest BCUT2D eigenvalue weighted by molar-refractivity contribution is -0.117. The third kappa shape index (κ3) is 3.98. The van der Waals surface area contributed by atoms with E-state index in [-0.39, 0.29) is 17.9 Å². The number of aryl methyl sites for hydroxylation is 1. The molecule has 2 aromatic carbocycles. The van der Waals surface area contributed by atoms with E-state index in [1.807, 2.05) is 57.2 Å². The zero-order valence-corrected chi connectivity index (χ0v) is 17.3. The van der Waals surface area contributed by atoms with Crippen LogP contribution >= 0.6 is 11.6 Å². The first-order chi connectivity index (χ1) is 13.9. The molecule has 0 radical (unpaired) electrons. The van der Waals surface area contributed by atoms with Crippen molar-refractivity contribution in [2.24, 2.45) is 0 Å². The van der Waals surface area contributed by atoms with Gasteiger partial charge in [-0.15, -0.1) is 0 Å². The Kier molecular flexibility index (Phi) is 5.28. The summed E-state index contributed by atoms with van der Waals surface area (Å²) in [5.41, 5.74) is 2.54. The molecule has 0 saturated carbocycles. The highest BCUT2D eigenvalue weighted by atomic mass is 35.5. The highest BCUT2D eigenvalue weighted by molar-refractivity contribution is 6.34. The third-order valence-corrected chi connectivity index (χ3v) is 5.16. The van der Waals surface area contributed by atoms with Gasteiger partial charge in [-0.25, -0.2) is 0 Å². The van der Waals surface area contributed by atoms with Crippen LogP contribution in [0, 0.1) is 6.92 Å². The van der Waals surface area contributed by atoms with Gasteiger partial charge in [0.25, 0.3) is 0 Å². The maximum atomic E-state index is 12.6. The number of hydrogen-bond acceptors (Lipinski definition) is 5. The molecule has 1 fully saturated rings. The monoisotopic (exact) mass is 411 g/mol. The summed E-state index contributed by atoms with van der Waals surface area (Å²) in [5, 5.41) is 4.66. The summed E-state index contributed by atoms with van der Waals surface area (Å²) in [7, 11) is 0. The number of anilines is 1. The summed E-state index contributed by atoms with van der Waals surface area (Å²) in [6, 6.07) is 13.2. The average molecular weight is 412 g/mol. The topological polar surface area (TPSA) is 68.5 Å². The Morgan fingerprint density at radius 3 is 2.66 bits per heavy atom. The normalized spacial score (nSPS) is 16.7. The molecule has 7 heteroatoms. The number of nitrogens with zero attached hydrogens (tertiary/aromatic N) is 3. The highest BCUT2D eigenvalue weighted by Gasteiger charge is 2.36. The summed E-state index contributed by atoms with van der Waals surface area (Å²) < 4.78 is 11.1. The van der Waals surface area contributed by atoms with Crippen LogP contribution in [0.5, 0.6) is 5.75 Å². The Labute approximate surface area is 174 Å². The first-order valence-electron chi connectivity index (χ1n) is 9.58. The molecule has 150 valence electrons. The first-order valence-corrected chi connectivity index (χ1v) is 9.96. The van der Waals surface area contributed by atoms with Gasteiger partial charge in [-0.1, -0.05) is 28.9 Å². The maximum Gasteiger partial charge on any atom is 0.232 e. The van der Waals surface area contributed by atoms with Gasteiger partial charge in [0.1, 0.15) is 5.75 Å². The number of ether oxygens (including phenoxy) is 1. The Hall–Kier alpha value is -2.86. The SMILES string of the molecule is Cc1cccc(Cl)c1N1CC(c2nc(-c3ccc(OC(C)C)cc3)no2)CC1=O. The van der Waals surface area contributed by atoms with Crippen LogP contribution in [0.1, 0.15) is 37.6 Å². The second kappa shape index (κ2) is 7.87. The molecule has 1 aliphatic rings. The molecule has 6 nitrogen and oxygen atoms in total. The van der Waals surface area contributed by atoms with Crippen molar-refractivity contribution in [1.82, 2.24) is 10.1 Å². The fourth-order valence-electron chi connectivity index (χ4n) is 3.53. The van der Waals surface area contributed by atoms with Gasteiger partial charge in [0.15, 0.2) is 0 Å². The van der Waals surface area contributed by atoms with E-state index >= 15 is 0 Å². The van der Waals surface area contributed by atoms with Gasteiger partial charge in [0, 0.05) is 18.5 Å². The summed E-state index contributed by atoms with van der Waals surface area (Å²) >= 11 is 6.34. The lowest BCUT2D eigenvalue weighted by atomic mass is 10.1. The smallest absolute Gasteiger partial charge is 0.232 e. The molecule has 29 heavy (non-hydrogen) atoms. The molecule has 1 saturated heterocycles. The first kappa shape index (κ1) is 19.5. The van der Waals surface area contributed by atoms with Crippen molar-refractivity contribution in [3.05, 3.63) is 58.9 Å². The number of aromatic nitrogens is 2. The molecule has 0 aliphatic carbocycles. The number of carbonyl (C=O) groups excluding carboxylic acids is 1. The van der Waals surface area contributed by atoms with Crippen LogP contribution in [0.15, 0.2) is 47.0 Å². The molecule has 0 N–H and O–H groups in total. The summed E-state index contributed by atoms with van der Waals surface area (Å²) in [6.45, 7) is 6.37. The lowest BCUT2D eigenvalue weighted by Gasteiger charge is -2.20. The zero-order chi connectivity index (χ0) is 20.5. The number of amides is 1. The van der Waals surface area contributed by atoms with Gasteiger partial charge < -0.3 is 14.2 Å². The zero-order valence-electron chi connectivity index (χ0n) is 16.6. The largest absolute Gasteiger partial charge is 0.491 e. The minimum Gasteiger partial charge on any atom is -0.491 e. The second-order valence-electron chi connectivity index (χ2n) is 7.46. The minimum atomic E-state index is -0.164. The summed E-state index contributed by atoms with van der Waals surface area (Å²) in [4.78, 5) is 18.9. The molecule has 1 aromatic heterocycles. The summed E-state index contributed by atoms with van der Waals surface area (Å²) in [6.07, 6.45) is 0.426. The number of carbonyl (C=O) groups is 1. The van der Waals surface area contributed by atoms with Crippen molar-refractivity contribution in [2.75, 3.05) is 11.4 Å². The van der Waals surface area contributed by atoms with E-state index in [2.05, 4.69) is 10.1 Å². The third-order valence-electron chi connectivity index (χ3n) is 4.86. The number of rotatable bonds is 5. The number of para-hydroxylation sites is 1. The number of hydrogen-bond donors (Lipinski definition) is 0. The van der Waals surface area contributed by atoms with Gasteiger partial charge in [0.2, 0.25) is 17.6 Å². The van der Waals surface area contributed by atoms with Crippen LogP contribution in [0.4, 0.5) is 5.69 Å². The molecular formula is C22H22ClN3O3. The van der Waals surface area contributed by atoms with Crippen LogP contribution < -0.4 is 9.64 Å². The standard InChI is InChI=1S/C22H22ClN3O3/c1-13(2)28-17-9-7-15(8-10-17)21-24-22(29-25-21)16-11-19(27)26(12-16)20-14(3)5-4-6-18(20)23/h4-10,13,16H,11-12H2,1-3H3. The quantitative estimate of drug-likeness (QED) is 0.590. The summed E-state index contributed by atoms with van der Waals surface area (Å²) in [5.74, 6) is 1.59. The predicted octanol–water partition coefficient (Wildman–Crippen LogP) is 5.01.